The number of hydrogen-bond acceptors (Lipinski definition) is 2. The van der Waals surface area contributed by atoms with Gasteiger partial charge in [0.2, 0.25) is 5.91 Å². The van der Waals surface area contributed by atoms with Gasteiger partial charge in [-0.1, -0.05) is 13.0 Å². The van der Waals surface area contributed by atoms with E-state index in [2.05, 4.69) is 11.9 Å². The first-order chi connectivity index (χ1) is 5.22. The van der Waals surface area contributed by atoms with Crippen molar-refractivity contribution < 1.29 is 4.79 Å². The molecular weight excluding hydrogens is 140 g/mol. The third kappa shape index (κ3) is 4.56. The molecule has 0 aliphatic carbocycles. The van der Waals surface area contributed by atoms with Crippen LogP contribution in [0.5, 0.6) is 0 Å². The van der Waals surface area contributed by atoms with Gasteiger partial charge in [0.05, 0.1) is 6.54 Å². The summed E-state index contributed by atoms with van der Waals surface area (Å²) in [6.07, 6.45) is 1.71. The molecule has 0 aromatic rings. The fourth-order valence-electron chi connectivity index (χ4n) is 0.662. The highest BCUT2D eigenvalue weighted by molar-refractivity contribution is 5.78. The van der Waals surface area contributed by atoms with Crippen LogP contribution in [0.4, 0.5) is 0 Å². The van der Waals surface area contributed by atoms with E-state index in [1.54, 1.807) is 18.0 Å². The minimum absolute atomic E-state index is 0.103. The maximum atomic E-state index is 11.1. The molecule has 0 atom stereocenters. The molecule has 0 aliphatic rings. The Labute approximate surface area is 68.1 Å². The second kappa shape index (κ2) is 5.92. The number of nitrogens with one attached hydrogen (secondary N) is 1. The van der Waals surface area contributed by atoms with Gasteiger partial charge in [-0.15, -0.1) is 6.58 Å². The van der Waals surface area contributed by atoms with Crippen molar-refractivity contribution >= 4 is 5.91 Å². The molecule has 0 unspecified atom stereocenters. The van der Waals surface area contributed by atoms with Gasteiger partial charge in [0.15, 0.2) is 0 Å². The molecule has 0 aromatic heterocycles. The molecule has 1 amide bonds. The quantitative estimate of drug-likeness (QED) is 0.578. The fourth-order valence-corrected chi connectivity index (χ4v) is 0.662. The lowest BCUT2D eigenvalue weighted by molar-refractivity contribution is -0.128. The molecule has 11 heavy (non-hydrogen) atoms. The van der Waals surface area contributed by atoms with Gasteiger partial charge in [0.1, 0.15) is 0 Å². The molecule has 0 fully saturated rings. The van der Waals surface area contributed by atoms with Crippen LogP contribution in [0.15, 0.2) is 12.7 Å². The lowest BCUT2D eigenvalue weighted by Gasteiger charge is -2.14. The lowest BCUT2D eigenvalue weighted by Crippen LogP contribution is -2.35. The Morgan fingerprint density at radius 2 is 2.36 bits per heavy atom. The smallest absolute Gasteiger partial charge is 0.236 e. The van der Waals surface area contributed by atoms with E-state index in [-0.39, 0.29) is 5.91 Å². The topological polar surface area (TPSA) is 32.3 Å². The minimum atomic E-state index is 0.103. The predicted molar refractivity (Wildman–Crippen MR) is 46.4 cm³/mol. The highest BCUT2D eigenvalue weighted by Gasteiger charge is 2.03. The Bertz CT molecular complexity index is 134. The number of likely N-dealkylation sites (N-methyl/N-ethyl adjacent to an activating group) is 2. The van der Waals surface area contributed by atoms with Crippen molar-refractivity contribution in [3.8, 4) is 0 Å². The Morgan fingerprint density at radius 1 is 1.73 bits per heavy atom. The van der Waals surface area contributed by atoms with E-state index in [0.717, 1.165) is 6.54 Å². The zero-order valence-corrected chi connectivity index (χ0v) is 7.26. The largest absolute Gasteiger partial charge is 0.341 e. The second-order valence-corrected chi connectivity index (χ2v) is 2.34. The van der Waals surface area contributed by atoms with E-state index in [1.807, 2.05) is 6.92 Å². The van der Waals surface area contributed by atoms with Crippen molar-refractivity contribution in [2.24, 2.45) is 0 Å². The predicted octanol–water partition coefficient (Wildman–Crippen LogP) is 0.240. The van der Waals surface area contributed by atoms with Crippen LogP contribution < -0.4 is 5.32 Å². The normalized spacial score (nSPS) is 9.27. The van der Waals surface area contributed by atoms with Crippen molar-refractivity contribution in [2.45, 2.75) is 6.92 Å². The van der Waals surface area contributed by atoms with Gasteiger partial charge in [-0.3, -0.25) is 4.79 Å². The molecule has 0 saturated heterocycles. The van der Waals surface area contributed by atoms with Crippen LogP contribution in [-0.4, -0.2) is 37.5 Å². The van der Waals surface area contributed by atoms with Gasteiger partial charge < -0.3 is 10.2 Å². The van der Waals surface area contributed by atoms with E-state index >= 15 is 0 Å². The molecule has 0 saturated carbocycles. The number of nitrogens with zero attached hydrogens (tertiary/aromatic N) is 1. The summed E-state index contributed by atoms with van der Waals surface area (Å²) in [5.41, 5.74) is 0. The van der Waals surface area contributed by atoms with Crippen LogP contribution in [0, 0.1) is 0 Å². The Balaban J connectivity index is 3.54. The van der Waals surface area contributed by atoms with Crippen molar-refractivity contribution in [2.75, 3.05) is 26.7 Å². The van der Waals surface area contributed by atoms with E-state index in [0.29, 0.717) is 13.1 Å². The first kappa shape index (κ1) is 10.2. The molecular formula is C8H16N2O. The molecule has 3 nitrogen and oxygen atoms in total. The zero-order chi connectivity index (χ0) is 8.69. The monoisotopic (exact) mass is 156 g/mol. The van der Waals surface area contributed by atoms with Crippen molar-refractivity contribution in [1.82, 2.24) is 10.2 Å². The fraction of sp³-hybridized carbons (Fsp3) is 0.625. The lowest BCUT2D eigenvalue weighted by atomic mass is 10.4. The maximum absolute atomic E-state index is 11.1. The van der Waals surface area contributed by atoms with Crippen molar-refractivity contribution in [3.05, 3.63) is 12.7 Å². The molecule has 0 radical (unpaired) electrons. The summed E-state index contributed by atoms with van der Waals surface area (Å²) in [4.78, 5) is 12.7. The molecule has 3 heteroatoms. The summed E-state index contributed by atoms with van der Waals surface area (Å²) in [7, 11) is 1.77. The van der Waals surface area contributed by atoms with Gasteiger partial charge in [-0.05, 0) is 6.54 Å². The Hall–Kier alpha value is -0.830. The van der Waals surface area contributed by atoms with Crippen LogP contribution in [0.2, 0.25) is 0 Å². The van der Waals surface area contributed by atoms with E-state index in [9.17, 15) is 4.79 Å². The van der Waals surface area contributed by atoms with E-state index in [4.69, 9.17) is 0 Å². The number of hydrogen-bond donors (Lipinski definition) is 1. The minimum Gasteiger partial charge on any atom is -0.341 e. The number of amides is 1. The van der Waals surface area contributed by atoms with Crippen molar-refractivity contribution in [3.63, 3.8) is 0 Å². The standard InChI is InChI=1S/C8H16N2O/c1-4-6-10(3)8(11)7-9-5-2/h4,9H,1,5-7H2,2-3H3. The van der Waals surface area contributed by atoms with Crippen LogP contribution in [-0.2, 0) is 4.79 Å². The van der Waals surface area contributed by atoms with Gasteiger partial charge in [-0.25, -0.2) is 0 Å². The number of carbonyl (C=O) groups is 1. The number of carbonyl (C=O) groups excluding carboxylic acids is 1. The SMILES string of the molecule is C=CCN(C)C(=O)CNCC. The van der Waals surface area contributed by atoms with Gasteiger partial charge in [0, 0.05) is 13.6 Å². The molecule has 0 rings (SSSR count). The average Bonchev–Trinajstić information content (AvgIpc) is 2.00. The summed E-state index contributed by atoms with van der Waals surface area (Å²) in [6.45, 7) is 7.38. The third-order valence-electron chi connectivity index (χ3n) is 1.35. The average molecular weight is 156 g/mol. The summed E-state index contributed by atoms with van der Waals surface area (Å²) in [6, 6.07) is 0. The summed E-state index contributed by atoms with van der Waals surface area (Å²) < 4.78 is 0. The molecule has 1 N–H and O–H groups in total. The number of rotatable bonds is 5. The van der Waals surface area contributed by atoms with Crippen LogP contribution in [0.3, 0.4) is 0 Å². The van der Waals surface area contributed by atoms with E-state index < -0.39 is 0 Å². The maximum Gasteiger partial charge on any atom is 0.236 e. The van der Waals surface area contributed by atoms with Gasteiger partial charge >= 0.3 is 0 Å². The van der Waals surface area contributed by atoms with Crippen LogP contribution in [0.1, 0.15) is 6.92 Å². The van der Waals surface area contributed by atoms with Gasteiger partial charge in [0.25, 0.3) is 0 Å². The second-order valence-electron chi connectivity index (χ2n) is 2.34. The molecule has 0 bridgehead atoms. The molecule has 0 heterocycles. The first-order valence-electron chi connectivity index (χ1n) is 3.78. The van der Waals surface area contributed by atoms with Crippen LogP contribution >= 0.6 is 0 Å². The Kier molecular flexibility index (Phi) is 5.47. The third-order valence-corrected chi connectivity index (χ3v) is 1.35. The van der Waals surface area contributed by atoms with Crippen LogP contribution in [0.25, 0.3) is 0 Å². The molecule has 64 valence electrons. The summed E-state index contributed by atoms with van der Waals surface area (Å²) in [5.74, 6) is 0.103. The van der Waals surface area contributed by atoms with E-state index in [1.165, 1.54) is 0 Å². The summed E-state index contributed by atoms with van der Waals surface area (Å²) in [5, 5.41) is 2.96. The first-order valence-corrected chi connectivity index (χ1v) is 3.78. The molecule has 0 aromatic carbocycles. The highest BCUT2D eigenvalue weighted by atomic mass is 16.2. The molecule has 0 aliphatic heterocycles. The molecule has 0 spiro atoms. The summed E-state index contributed by atoms with van der Waals surface area (Å²) >= 11 is 0. The van der Waals surface area contributed by atoms with Gasteiger partial charge in [-0.2, -0.15) is 0 Å². The zero-order valence-electron chi connectivity index (χ0n) is 7.26. The van der Waals surface area contributed by atoms with Crippen molar-refractivity contribution in [1.29, 1.82) is 0 Å². The Morgan fingerprint density at radius 3 is 2.82 bits per heavy atom. The highest BCUT2D eigenvalue weighted by Crippen LogP contribution is 1.82.